The first-order chi connectivity index (χ1) is 8.65. The van der Waals surface area contributed by atoms with E-state index in [4.69, 9.17) is 0 Å². The summed E-state index contributed by atoms with van der Waals surface area (Å²) in [6.07, 6.45) is -0.582. The SMILES string of the molecule is OC(c1cc2sccc2s1)c1cc(Br)ccc1Br. The maximum Gasteiger partial charge on any atom is 0.114 e. The average molecular weight is 404 g/mol. The molecule has 0 saturated heterocycles. The first kappa shape index (κ1) is 12.8. The zero-order valence-corrected chi connectivity index (χ0v) is 13.9. The number of aliphatic hydroxyl groups excluding tert-OH is 1. The lowest BCUT2D eigenvalue weighted by atomic mass is 10.1. The lowest BCUT2D eigenvalue weighted by molar-refractivity contribution is 0.223. The van der Waals surface area contributed by atoms with E-state index in [-0.39, 0.29) is 0 Å². The molecule has 92 valence electrons. The summed E-state index contributed by atoms with van der Waals surface area (Å²) in [7, 11) is 0. The van der Waals surface area contributed by atoms with Crippen molar-refractivity contribution in [3.05, 3.63) is 55.1 Å². The van der Waals surface area contributed by atoms with Crippen LogP contribution in [0.3, 0.4) is 0 Å². The summed E-state index contributed by atoms with van der Waals surface area (Å²) < 4.78 is 4.37. The molecular weight excluding hydrogens is 396 g/mol. The van der Waals surface area contributed by atoms with Gasteiger partial charge in [-0.15, -0.1) is 22.7 Å². The van der Waals surface area contributed by atoms with Gasteiger partial charge >= 0.3 is 0 Å². The predicted molar refractivity (Wildman–Crippen MR) is 85.6 cm³/mol. The zero-order valence-electron chi connectivity index (χ0n) is 9.06. The minimum atomic E-state index is -0.582. The molecule has 0 saturated carbocycles. The fourth-order valence-corrected chi connectivity index (χ4v) is 4.76. The Hall–Kier alpha value is -0.200. The molecule has 0 radical (unpaired) electrons. The van der Waals surface area contributed by atoms with E-state index in [9.17, 15) is 5.11 Å². The molecule has 2 heterocycles. The van der Waals surface area contributed by atoms with Crippen LogP contribution in [0.4, 0.5) is 0 Å². The molecule has 1 aromatic carbocycles. The van der Waals surface area contributed by atoms with E-state index in [1.165, 1.54) is 9.40 Å². The predicted octanol–water partition coefficient (Wildman–Crippen LogP) is 5.57. The van der Waals surface area contributed by atoms with Crippen LogP contribution in [0.25, 0.3) is 9.40 Å². The summed E-state index contributed by atoms with van der Waals surface area (Å²) in [4.78, 5) is 0.982. The van der Waals surface area contributed by atoms with Gasteiger partial charge in [0.05, 0.1) is 0 Å². The smallest absolute Gasteiger partial charge is 0.114 e. The van der Waals surface area contributed by atoms with Gasteiger partial charge in [-0.05, 0) is 35.7 Å². The molecule has 0 amide bonds. The maximum absolute atomic E-state index is 10.5. The van der Waals surface area contributed by atoms with Gasteiger partial charge in [0, 0.05) is 28.8 Å². The van der Waals surface area contributed by atoms with Crippen molar-refractivity contribution in [3.8, 4) is 0 Å². The van der Waals surface area contributed by atoms with Crippen molar-refractivity contribution in [1.29, 1.82) is 0 Å². The summed E-state index contributed by atoms with van der Waals surface area (Å²) in [5.74, 6) is 0. The molecule has 0 aliphatic rings. The molecule has 1 atom stereocenters. The highest BCUT2D eigenvalue weighted by atomic mass is 79.9. The topological polar surface area (TPSA) is 20.2 Å². The standard InChI is InChI=1S/C13H8Br2OS2/c14-7-1-2-9(15)8(5-7)13(16)12-6-11-10(18-12)3-4-17-11/h1-6,13,16H. The molecular formula is C13H8Br2OS2. The van der Waals surface area contributed by atoms with Crippen LogP contribution in [0.1, 0.15) is 16.5 Å². The molecule has 1 N–H and O–H groups in total. The van der Waals surface area contributed by atoms with E-state index >= 15 is 0 Å². The van der Waals surface area contributed by atoms with Crippen LogP contribution < -0.4 is 0 Å². The van der Waals surface area contributed by atoms with Crippen molar-refractivity contribution in [3.63, 3.8) is 0 Å². The number of hydrogen-bond acceptors (Lipinski definition) is 3. The maximum atomic E-state index is 10.5. The summed E-state index contributed by atoms with van der Waals surface area (Å²) in [6, 6.07) is 10.0. The molecule has 18 heavy (non-hydrogen) atoms. The third-order valence-corrected chi connectivity index (χ3v) is 6.04. The zero-order chi connectivity index (χ0) is 12.7. The van der Waals surface area contributed by atoms with Crippen molar-refractivity contribution in [2.24, 2.45) is 0 Å². The normalized spacial score (nSPS) is 13.1. The first-order valence-electron chi connectivity index (χ1n) is 5.25. The lowest BCUT2D eigenvalue weighted by Gasteiger charge is -2.11. The highest BCUT2D eigenvalue weighted by Crippen LogP contribution is 2.38. The largest absolute Gasteiger partial charge is 0.383 e. The molecule has 0 spiro atoms. The van der Waals surface area contributed by atoms with Gasteiger partial charge in [0.15, 0.2) is 0 Å². The molecule has 5 heteroatoms. The highest BCUT2D eigenvalue weighted by molar-refractivity contribution is 9.11. The van der Waals surface area contributed by atoms with Crippen LogP contribution in [0.15, 0.2) is 44.7 Å². The van der Waals surface area contributed by atoms with Crippen LogP contribution in [-0.2, 0) is 0 Å². The number of rotatable bonds is 2. The van der Waals surface area contributed by atoms with Crippen molar-refractivity contribution in [2.75, 3.05) is 0 Å². The van der Waals surface area contributed by atoms with Gasteiger partial charge in [-0.2, -0.15) is 0 Å². The Morgan fingerprint density at radius 1 is 1.06 bits per heavy atom. The van der Waals surface area contributed by atoms with Gasteiger partial charge in [0.2, 0.25) is 0 Å². The lowest BCUT2D eigenvalue weighted by Crippen LogP contribution is -1.98. The number of halogens is 2. The van der Waals surface area contributed by atoms with Crippen LogP contribution in [0.5, 0.6) is 0 Å². The van der Waals surface area contributed by atoms with Gasteiger partial charge in [-0.3, -0.25) is 0 Å². The fraction of sp³-hybridized carbons (Fsp3) is 0.0769. The van der Waals surface area contributed by atoms with E-state index in [0.29, 0.717) is 0 Å². The van der Waals surface area contributed by atoms with E-state index in [0.717, 1.165) is 19.4 Å². The van der Waals surface area contributed by atoms with Crippen LogP contribution in [-0.4, -0.2) is 5.11 Å². The third kappa shape index (κ3) is 2.30. The molecule has 3 aromatic rings. The Balaban J connectivity index is 2.05. The van der Waals surface area contributed by atoms with E-state index in [1.54, 1.807) is 22.7 Å². The van der Waals surface area contributed by atoms with Crippen molar-refractivity contribution in [2.45, 2.75) is 6.10 Å². The molecule has 0 bridgehead atoms. The van der Waals surface area contributed by atoms with Crippen molar-refractivity contribution < 1.29 is 5.11 Å². The minimum Gasteiger partial charge on any atom is -0.383 e. The summed E-state index contributed by atoms with van der Waals surface area (Å²) in [6.45, 7) is 0. The fourth-order valence-electron chi connectivity index (χ4n) is 1.80. The number of benzene rings is 1. The third-order valence-electron chi connectivity index (χ3n) is 2.68. The molecule has 1 nitrogen and oxygen atoms in total. The Morgan fingerprint density at radius 3 is 2.67 bits per heavy atom. The van der Waals surface area contributed by atoms with Gasteiger partial charge in [0.1, 0.15) is 6.10 Å². The Labute approximate surface area is 129 Å². The second kappa shape index (κ2) is 5.06. The minimum absolute atomic E-state index is 0.582. The van der Waals surface area contributed by atoms with E-state index in [2.05, 4.69) is 49.4 Å². The molecule has 0 aliphatic heterocycles. The second-order valence-corrected chi connectivity index (χ2v) is 7.70. The van der Waals surface area contributed by atoms with Crippen molar-refractivity contribution >= 4 is 63.9 Å². The Morgan fingerprint density at radius 2 is 1.89 bits per heavy atom. The molecule has 0 aliphatic carbocycles. The van der Waals surface area contributed by atoms with Gasteiger partial charge in [0.25, 0.3) is 0 Å². The van der Waals surface area contributed by atoms with E-state index < -0.39 is 6.10 Å². The number of fused-ring (bicyclic) bond motifs is 1. The van der Waals surface area contributed by atoms with Crippen molar-refractivity contribution in [1.82, 2.24) is 0 Å². The Bertz CT molecular complexity index is 673. The van der Waals surface area contributed by atoms with Crippen LogP contribution in [0.2, 0.25) is 0 Å². The second-order valence-electron chi connectivity index (χ2n) is 3.87. The average Bonchev–Trinajstić information content (AvgIpc) is 2.91. The quantitative estimate of drug-likeness (QED) is 0.592. The van der Waals surface area contributed by atoms with Gasteiger partial charge < -0.3 is 5.11 Å². The first-order valence-corrected chi connectivity index (χ1v) is 8.53. The van der Waals surface area contributed by atoms with E-state index in [1.807, 2.05) is 18.2 Å². The molecule has 2 aromatic heterocycles. The summed E-state index contributed by atoms with van der Waals surface area (Å²) in [5.41, 5.74) is 0.887. The van der Waals surface area contributed by atoms with Gasteiger partial charge in [-0.1, -0.05) is 31.9 Å². The molecule has 0 fully saturated rings. The number of hydrogen-bond donors (Lipinski definition) is 1. The highest BCUT2D eigenvalue weighted by Gasteiger charge is 2.17. The summed E-state index contributed by atoms with van der Waals surface area (Å²) >= 11 is 10.3. The van der Waals surface area contributed by atoms with Crippen LogP contribution in [0, 0.1) is 0 Å². The number of aliphatic hydroxyl groups is 1. The molecule has 3 rings (SSSR count). The van der Waals surface area contributed by atoms with Crippen LogP contribution >= 0.6 is 54.5 Å². The summed E-state index contributed by atoms with van der Waals surface area (Å²) in [5, 5.41) is 12.6. The van der Waals surface area contributed by atoms with Gasteiger partial charge in [-0.25, -0.2) is 0 Å². The number of thiophene rings is 2. The molecule has 1 unspecified atom stereocenters. The monoisotopic (exact) mass is 402 g/mol. The Kier molecular flexibility index (Phi) is 3.60.